The molecule has 0 nitrogen and oxygen atoms in total. The summed E-state index contributed by atoms with van der Waals surface area (Å²) >= 11 is 0. The summed E-state index contributed by atoms with van der Waals surface area (Å²) in [6.07, 6.45) is -51.3. The SMILES string of the molecule is FC(F)(F)C(F)(F)C[B-](CC(F)(F)C(F)(F)F)(CC(F)(F)C(F)(F)F)CC(F)(F)C(F)(F)F.[Na+]. The fourth-order valence-electron chi connectivity index (χ4n) is 3.07. The van der Waals surface area contributed by atoms with Gasteiger partial charge >= 0.3 is 78.0 Å². The minimum atomic E-state index is -7.13. The van der Waals surface area contributed by atoms with Crippen molar-refractivity contribution in [2.24, 2.45) is 0 Å². The molecule has 0 atom stereocenters. The number of rotatable bonds is 8. The van der Waals surface area contributed by atoms with E-state index in [9.17, 15) is 87.8 Å². The maximum absolute atomic E-state index is 13.4. The van der Waals surface area contributed by atoms with Crippen LogP contribution in [0, 0.1) is 0 Å². The summed E-state index contributed by atoms with van der Waals surface area (Å²) in [6.45, 7) is 0. The normalized spacial score (nSPS) is 15.9. The summed E-state index contributed by atoms with van der Waals surface area (Å²) in [5.74, 6) is -27.3. The fourth-order valence-corrected chi connectivity index (χ4v) is 3.07. The van der Waals surface area contributed by atoms with Gasteiger partial charge in [-0.15, -0.1) is 25.3 Å². The first kappa shape index (κ1) is 35.8. The summed E-state index contributed by atoms with van der Waals surface area (Å²) in [5, 5.41) is 0. The number of hydrogen-bond acceptors (Lipinski definition) is 0. The van der Waals surface area contributed by atoms with E-state index in [1.165, 1.54) is 0 Å². The zero-order valence-electron chi connectivity index (χ0n) is 16.0. The summed E-state index contributed by atoms with van der Waals surface area (Å²) in [5.41, 5.74) is 0. The van der Waals surface area contributed by atoms with E-state index in [0.29, 0.717) is 0 Å². The van der Waals surface area contributed by atoms with Crippen molar-refractivity contribution in [3.05, 3.63) is 0 Å². The maximum atomic E-state index is 13.4. The zero-order valence-corrected chi connectivity index (χ0v) is 18.0. The topological polar surface area (TPSA) is 0 Å². The van der Waals surface area contributed by atoms with Crippen molar-refractivity contribution in [3.8, 4) is 0 Å². The third-order valence-corrected chi connectivity index (χ3v) is 4.42. The van der Waals surface area contributed by atoms with Crippen LogP contribution in [-0.2, 0) is 0 Å². The minimum absolute atomic E-state index is 0. The Kier molecular flexibility index (Phi) is 10.4. The molecule has 0 aromatic carbocycles. The molecule has 0 aromatic heterocycles. The van der Waals surface area contributed by atoms with Crippen LogP contribution >= 0.6 is 0 Å². The average Bonchev–Trinajstić information content (AvgIpc) is 2.38. The number of hydrogen-bond donors (Lipinski definition) is 0. The van der Waals surface area contributed by atoms with E-state index in [1.54, 1.807) is 0 Å². The van der Waals surface area contributed by atoms with Crippen LogP contribution in [0.25, 0.3) is 0 Å². The molecule has 0 radical (unpaired) electrons. The monoisotopic (exact) mass is 566 g/mol. The second-order valence-electron chi connectivity index (χ2n) is 7.36. The molecule has 34 heavy (non-hydrogen) atoms. The first-order valence-electron chi connectivity index (χ1n) is 7.83. The van der Waals surface area contributed by atoms with Gasteiger partial charge in [0.1, 0.15) is 0 Å². The predicted molar refractivity (Wildman–Crippen MR) is 69.0 cm³/mol. The van der Waals surface area contributed by atoms with Crippen LogP contribution in [0.5, 0.6) is 0 Å². The molecule has 0 bridgehead atoms. The molecule has 200 valence electrons. The molecule has 0 saturated heterocycles. The van der Waals surface area contributed by atoms with Crippen molar-refractivity contribution >= 4 is 6.15 Å². The van der Waals surface area contributed by atoms with Crippen molar-refractivity contribution in [1.29, 1.82) is 0 Å². The predicted octanol–water partition coefficient (Wildman–Crippen LogP) is 5.23. The molecule has 0 saturated carbocycles. The maximum Gasteiger partial charge on any atom is 1.00 e. The molecule has 0 heterocycles. The van der Waals surface area contributed by atoms with Gasteiger partial charge in [0.05, 0.1) is 0 Å². The summed E-state index contributed by atoms with van der Waals surface area (Å²) < 4.78 is 256. The van der Waals surface area contributed by atoms with Gasteiger partial charge in [0, 0.05) is 6.15 Å². The molecule has 0 aromatic rings. The Morgan fingerprint density at radius 2 is 0.412 bits per heavy atom. The first-order valence-corrected chi connectivity index (χ1v) is 7.83. The van der Waals surface area contributed by atoms with Gasteiger partial charge in [0.15, 0.2) is 0 Å². The van der Waals surface area contributed by atoms with Crippen molar-refractivity contribution in [3.63, 3.8) is 0 Å². The Bertz CT molecular complexity index is 549. The Labute approximate surface area is 197 Å². The van der Waals surface area contributed by atoms with E-state index in [1.807, 2.05) is 0 Å². The molecule has 0 fully saturated rings. The van der Waals surface area contributed by atoms with Crippen LogP contribution < -0.4 is 29.6 Å². The van der Waals surface area contributed by atoms with E-state index in [4.69, 9.17) is 0 Å². The Hall–Kier alpha value is -0.335. The average molecular weight is 566 g/mol. The largest absolute Gasteiger partial charge is 1.00 e. The van der Waals surface area contributed by atoms with E-state index in [0.717, 1.165) is 0 Å². The Morgan fingerprint density at radius 1 is 0.294 bits per heavy atom. The first-order chi connectivity index (χ1) is 13.8. The Morgan fingerprint density at radius 3 is 0.500 bits per heavy atom. The van der Waals surface area contributed by atoms with Gasteiger partial charge in [0.25, 0.3) is 0 Å². The Balaban J connectivity index is 0. The standard InChI is InChI=1S/C12H8BF20.Na/c14-5(15,9(22,23)24)1-13(2-6(16,17)10(25,26)27,3-7(18,19)11(28,29)30)4-8(20,21)12(31,32)33;/h1-4H2;/q-1;+1. The second kappa shape index (κ2) is 9.85. The molecular formula is C12H8BF20Na. The molecular weight excluding hydrogens is 558 g/mol. The molecule has 0 aliphatic rings. The summed E-state index contributed by atoms with van der Waals surface area (Å²) in [6, 6.07) is 0. The van der Waals surface area contributed by atoms with Gasteiger partial charge in [0.2, 0.25) is 0 Å². The zero-order chi connectivity index (χ0) is 27.3. The van der Waals surface area contributed by atoms with E-state index >= 15 is 0 Å². The molecule has 0 N–H and O–H groups in total. The minimum Gasteiger partial charge on any atom is -0.200 e. The molecule has 0 unspecified atom stereocenters. The van der Waals surface area contributed by atoms with Crippen LogP contribution in [0.4, 0.5) is 87.8 Å². The summed E-state index contributed by atoms with van der Waals surface area (Å²) in [7, 11) is 0. The van der Waals surface area contributed by atoms with E-state index in [-0.39, 0.29) is 29.6 Å². The van der Waals surface area contributed by atoms with Gasteiger partial charge in [-0.3, -0.25) is 0 Å². The van der Waals surface area contributed by atoms with Gasteiger partial charge in [-0.25, -0.2) is 35.1 Å². The van der Waals surface area contributed by atoms with Crippen LogP contribution in [0.3, 0.4) is 0 Å². The summed E-state index contributed by atoms with van der Waals surface area (Å²) in [4.78, 5) is 0. The molecule has 0 spiro atoms. The number of alkyl halides is 20. The molecule has 0 aliphatic heterocycles. The fraction of sp³-hybridized carbons (Fsp3) is 1.00. The molecule has 0 aliphatic carbocycles. The van der Waals surface area contributed by atoms with Crippen molar-refractivity contribution in [1.82, 2.24) is 0 Å². The van der Waals surface area contributed by atoms with Crippen molar-refractivity contribution in [2.45, 2.75) is 73.7 Å². The molecule has 0 rings (SSSR count). The quantitative estimate of drug-likeness (QED) is 0.279. The van der Waals surface area contributed by atoms with Gasteiger partial charge < -0.3 is 0 Å². The smallest absolute Gasteiger partial charge is 0.200 e. The number of halogens is 20. The van der Waals surface area contributed by atoms with Gasteiger partial charge in [-0.2, -0.15) is 52.7 Å². The van der Waals surface area contributed by atoms with E-state index < -0.39 is 79.8 Å². The van der Waals surface area contributed by atoms with Crippen LogP contribution in [0.1, 0.15) is 0 Å². The van der Waals surface area contributed by atoms with Crippen LogP contribution in [0.2, 0.25) is 25.3 Å². The van der Waals surface area contributed by atoms with E-state index in [2.05, 4.69) is 0 Å². The van der Waals surface area contributed by atoms with Gasteiger partial charge in [-0.1, -0.05) is 0 Å². The van der Waals surface area contributed by atoms with Crippen molar-refractivity contribution in [2.75, 3.05) is 0 Å². The molecule has 22 heteroatoms. The third-order valence-electron chi connectivity index (χ3n) is 4.42. The van der Waals surface area contributed by atoms with Gasteiger partial charge in [-0.05, 0) is 0 Å². The van der Waals surface area contributed by atoms with Crippen LogP contribution in [-0.4, -0.2) is 54.5 Å². The van der Waals surface area contributed by atoms with Crippen molar-refractivity contribution < 1.29 is 117 Å². The van der Waals surface area contributed by atoms with Crippen LogP contribution in [0.15, 0.2) is 0 Å². The second-order valence-corrected chi connectivity index (χ2v) is 7.36. The molecule has 0 amide bonds. The third kappa shape index (κ3) is 8.36.